The van der Waals surface area contributed by atoms with Crippen LogP contribution in [0.4, 0.5) is 4.39 Å². The number of carboxylic acids is 1. The Balaban J connectivity index is 1.82. The van der Waals surface area contributed by atoms with Crippen LogP contribution in [0.5, 0.6) is 0 Å². The first-order chi connectivity index (χ1) is 8.65. The Bertz CT molecular complexity index is 585. The molecule has 0 aliphatic heterocycles. The summed E-state index contributed by atoms with van der Waals surface area (Å²) in [7, 11) is 0. The summed E-state index contributed by atoms with van der Waals surface area (Å²) in [6.07, 6.45) is 0.631. The minimum Gasteiger partial charge on any atom is -0.481 e. The summed E-state index contributed by atoms with van der Waals surface area (Å²) < 4.78 is 18.4. The molecule has 0 unspecified atom stereocenters. The van der Waals surface area contributed by atoms with Gasteiger partial charge in [0.2, 0.25) is 0 Å². The van der Waals surface area contributed by atoms with Gasteiger partial charge in [0.15, 0.2) is 0 Å². The van der Waals surface area contributed by atoms with Gasteiger partial charge < -0.3 is 9.52 Å². The lowest BCUT2D eigenvalue weighted by Gasteiger charge is -1.97. The molecule has 0 spiro atoms. The van der Waals surface area contributed by atoms with Crippen LogP contribution in [0.15, 0.2) is 40.8 Å². The highest BCUT2D eigenvalue weighted by Crippen LogP contribution is 2.48. The maximum atomic E-state index is 12.8. The van der Waals surface area contributed by atoms with Crippen molar-refractivity contribution < 1.29 is 18.7 Å². The molecule has 1 aliphatic rings. The number of aliphatic carboxylic acids is 1. The van der Waals surface area contributed by atoms with Gasteiger partial charge >= 0.3 is 5.97 Å². The van der Waals surface area contributed by atoms with Crippen LogP contribution in [0.3, 0.4) is 0 Å². The highest BCUT2D eigenvalue weighted by Gasteiger charge is 2.46. The SMILES string of the molecule is O=C(O)[C@@H]1C[C@@H]1c1ccc(-c2ccc(F)cc2)o1. The molecule has 0 bridgehead atoms. The van der Waals surface area contributed by atoms with Crippen molar-refractivity contribution in [2.45, 2.75) is 12.3 Å². The Labute approximate surface area is 103 Å². The van der Waals surface area contributed by atoms with Gasteiger partial charge in [0.1, 0.15) is 17.3 Å². The average Bonchev–Trinajstić information content (AvgIpc) is 3.02. The normalized spacial score (nSPS) is 21.8. The van der Waals surface area contributed by atoms with Crippen molar-refractivity contribution in [3.63, 3.8) is 0 Å². The zero-order valence-electron chi connectivity index (χ0n) is 9.47. The number of hydrogen-bond acceptors (Lipinski definition) is 2. The summed E-state index contributed by atoms with van der Waals surface area (Å²) in [4.78, 5) is 10.8. The third kappa shape index (κ3) is 1.90. The third-order valence-electron chi connectivity index (χ3n) is 3.23. The van der Waals surface area contributed by atoms with Gasteiger partial charge in [-0.25, -0.2) is 4.39 Å². The molecule has 0 radical (unpaired) electrons. The summed E-state index contributed by atoms with van der Waals surface area (Å²) in [6.45, 7) is 0. The Morgan fingerprint density at radius 1 is 1.22 bits per heavy atom. The molecule has 92 valence electrons. The van der Waals surface area contributed by atoms with E-state index in [4.69, 9.17) is 9.52 Å². The number of carbonyl (C=O) groups is 1. The van der Waals surface area contributed by atoms with Crippen LogP contribution in [0, 0.1) is 11.7 Å². The first-order valence-electron chi connectivity index (χ1n) is 5.73. The van der Waals surface area contributed by atoms with Crippen molar-refractivity contribution in [3.05, 3.63) is 48.0 Å². The lowest BCUT2D eigenvalue weighted by Crippen LogP contribution is -1.98. The van der Waals surface area contributed by atoms with Crippen molar-refractivity contribution in [2.24, 2.45) is 5.92 Å². The Morgan fingerprint density at radius 2 is 1.94 bits per heavy atom. The highest BCUT2D eigenvalue weighted by molar-refractivity contribution is 5.75. The van der Waals surface area contributed by atoms with E-state index >= 15 is 0 Å². The van der Waals surface area contributed by atoms with Gasteiger partial charge in [-0.15, -0.1) is 0 Å². The second kappa shape index (κ2) is 3.98. The van der Waals surface area contributed by atoms with E-state index in [0.717, 1.165) is 5.56 Å². The Hall–Kier alpha value is -2.10. The van der Waals surface area contributed by atoms with Gasteiger partial charge in [-0.1, -0.05) is 0 Å². The van der Waals surface area contributed by atoms with Gasteiger partial charge in [0.25, 0.3) is 0 Å². The molecular formula is C14H11FO3. The van der Waals surface area contributed by atoms with Crippen LogP contribution in [-0.2, 0) is 4.79 Å². The molecule has 2 atom stereocenters. The zero-order chi connectivity index (χ0) is 12.7. The van der Waals surface area contributed by atoms with Crippen molar-refractivity contribution >= 4 is 5.97 Å². The molecule has 3 nitrogen and oxygen atoms in total. The summed E-state index contributed by atoms with van der Waals surface area (Å²) in [5.41, 5.74) is 0.787. The van der Waals surface area contributed by atoms with E-state index in [1.807, 2.05) is 0 Å². The quantitative estimate of drug-likeness (QED) is 0.904. The zero-order valence-corrected chi connectivity index (χ0v) is 9.47. The Morgan fingerprint density at radius 3 is 2.56 bits per heavy atom. The van der Waals surface area contributed by atoms with E-state index in [0.29, 0.717) is 17.9 Å². The second-order valence-corrected chi connectivity index (χ2v) is 4.50. The molecule has 1 saturated carbocycles. The lowest BCUT2D eigenvalue weighted by atomic mass is 10.2. The Kier molecular flexibility index (Phi) is 2.44. The first-order valence-corrected chi connectivity index (χ1v) is 5.73. The van der Waals surface area contributed by atoms with Crippen LogP contribution in [-0.4, -0.2) is 11.1 Å². The van der Waals surface area contributed by atoms with E-state index in [1.165, 1.54) is 12.1 Å². The average molecular weight is 246 g/mol. The van der Waals surface area contributed by atoms with E-state index < -0.39 is 5.97 Å². The van der Waals surface area contributed by atoms with Crippen molar-refractivity contribution in [3.8, 4) is 11.3 Å². The molecule has 1 aromatic heterocycles. The van der Waals surface area contributed by atoms with Gasteiger partial charge in [0, 0.05) is 11.5 Å². The van der Waals surface area contributed by atoms with E-state index in [1.54, 1.807) is 24.3 Å². The van der Waals surface area contributed by atoms with Gasteiger partial charge in [0.05, 0.1) is 5.92 Å². The van der Waals surface area contributed by atoms with Gasteiger partial charge in [-0.3, -0.25) is 4.79 Å². The van der Waals surface area contributed by atoms with Crippen LogP contribution in [0.2, 0.25) is 0 Å². The number of rotatable bonds is 3. The summed E-state index contributed by atoms with van der Waals surface area (Å²) >= 11 is 0. The summed E-state index contributed by atoms with van der Waals surface area (Å²) in [5.74, 6) is -0.0740. The molecule has 4 heteroatoms. The standard InChI is InChI=1S/C14H11FO3/c15-9-3-1-8(2-4-9)12-5-6-13(18-12)10-7-11(10)14(16)17/h1-6,10-11H,7H2,(H,16,17)/t10-,11+/m0/s1. The fourth-order valence-corrected chi connectivity index (χ4v) is 2.10. The first kappa shape index (κ1) is 11.0. The molecule has 1 N–H and O–H groups in total. The molecule has 18 heavy (non-hydrogen) atoms. The largest absolute Gasteiger partial charge is 0.481 e. The monoisotopic (exact) mass is 246 g/mol. The highest BCUT2D eigenvalue weighted by atomic mass is 19.1. The number of hydrogen-bond donors (Lipinski definition) is 1. The number of furan rings is 1. The fourth-order valence-electron chi connectivity index (χ4n) is 2.10. The number of halogens is 1. The fraction of sp³-hybridized carbons (Fsp3) is 0.214. The number of benzene rings is 1. The van der Waals surface area contributed by atoms with Crippen LogP contribution in [0.1, 0.15) is 18.1 Å². The second-order valence-electron chi connectivity index (χ2n) is 4.50. The smallest absolute Gasteiger partial charge is 0.307 e. The van der Waals surface area contributed by atoms with Crippen molar-refractivity contribution in [1.82, 2.24) is 0 Å². The predicted molar refractivity (Wildman–Crippen MR) is 62.6 cm³/mol. The molecule has 1 fully saturated rings. The molecular weight excluding hydrogens is 235 g/mol. The van der Waals surface area contributed by atoms with Gasteiger partial charge in [-0.2, -0.15) is 0 Å². The van der Waals surface area contributed by atoms with E-state index in [2.05, 4.69) is 0 Å². The third-order valence-corrected chi connectivity index (χ3v) is 3.23. The lowest BCUT2D eigenvalue weighted by molar-refractivity contribution is -0.138. The topological polar surface area (TPSA) is 50.4 Å². The minimum absolute atomic E-state index is 0.0169. The molecule has 2 aromatic rings. The minimum atomic E-state index is -0.778. The van der Waals surface area contributed by atoms with Crippen molar-refractivity contribution in [2.75, 3.05) is 0 Å². The molecule has 1 heterocycles. The molecule has 0 saturated heterocycles. The van der Waals surface area contributed by atoms with E-state index in [-0.39, 0.29) is 17.7 Å². The van der Waals surface area contributed by atoms with Gasteiger partial charge in [-0.05, 0) is 42.8 Å². The molecule has 1 aliphatic carbocycles. The number of carboxylic acid groups (broad SMARTS) is 1. The van der Waals surface area contributed by atoms with Crippen molar-refractivity contribution in [1.29, 1.82) is 0 Å². The predicted octanol–water partition coefficient (Wildman–Crippen LogP) is 3.27. The summed E-state index contributed by atoms with van der Waals surface area (Å²) in [5, 5.41) is 8.86. The van der Waals surface area contributed by atoms with E-state index in [9.17, 15) is 9.18 Å². The van der Waals surface area contributed by atoms with Crippen LogP contribution < -0.4 is 0 Å². The van der Waals surface area contributed by atoms with Crippen LogP contribution >= 0.6 is 0 Å². The van der Waals surface area contributed by atoms with Crippen LogP contribution in [0.25, 0.3) is 11.3 Å². The maximum Gasteiger partial charge on any atom is 0.307 e. The molecule has 0 amide bonds. The summed E-state index contributed by atoms with van der Waals surface area (Å²) in [6, 6.07) is 9.61. The molecule has 1 aromatic carbocycles. The molecule has 3 rings (SSSR count). The maximum absolute atomic E-state index is 12.8.